The van der Waals surface area contributed by atoms with Crippen molar-refractivity contribution in [2.45, 2.75) is 31.8 Å². The number of pyridine rings is 2. The molecular weight excluding hydrogens is 356 g/mol. The first-order valence-corrected chi connectivity index (χ1v) is 9.51. The molecule has 0 radical (unpaired) electrons. The summed E-state index contributed by atoms with van der Waals surface area (Å²) in [6.07, 6.45) is 8.96. The van der Waals surface area contributed by atoms with E-state index < -0.39 is 0 Å². The molecule has 0 bridgehead atoms. The Bertz CT molecular complexity index is 770. The van der Waals surface area contributed by atoms with Crippen LogP contribution in [0.4, 0.5) is 0 Å². The van der Waals surface area contributed by atoms with E-state index in [0.29, 0.717) is 19.5 Å². The van der Waals surface area contributed by atoms with Crippen LogP contribution in [0.25, 0.3) is 0 Å². The SMILES string of the molecule is COCC(=O)N(Cc1cccnc1)C1CCCN(C(=O)Cc2cccnc2)C1. The molecule has 2 amide bonds. The number of rotatable bonds is 7. The Kier molecular flexibility index (Phi) is 7.08. The third-order valence-electron chi connectivity index (χ3n) is 4.93. The van der Waals surface area contributed by atoms with Crippen LogP contribution in [0.5, 0.6) is 0 Å². The van der Waals surface area contributed by atoms with E-state index in [2.05, 4.69) is 9.97 Å². The Morgan fingerprint density at radius 1 is 1.18 bits per heavy atom. The highest BCUT2D eigenvalue weighted by Gasteiger charge is 2.30. The van der Waals surface area contributed by atoms with Crippen molar-refractivity contribution in [2.24, 2.45) is 0 Å². The van der Waals surface area contributed by atoms with Gasteiger partial charge in [-0.3, -0.25) is 19.6 Å². The number of carbonyl (C=O) groups is 2. The highest BCUT2D eigenvalue weighted by molar-refractivity contribution is 5.80. The third kappa shape index (κ3) is 5.36. The van der Waals surface area contributed by atoms with Crippen LogP contribution in [-0.4, -0.2) is 64.4 Å². The molecule has 1 fully saturated rings. The Balaban J connectivity index is 1.69. The summed E-state index contributed by atoms with van der Waals surface area (Å²) in [5.41, 5.74) is 1.86. The lowest BCUT2D eigenvalue weighted by Crippen LogP contribution is -2.52. The number of methoxy groups -OCH3 is 1. The molecule has 2 aromatic rings. The molecule has 1 unspecified atom stereocenters. The van der Waals surface area contributed by atoms with Crippen LogP contribution in [0.3, 0.4) is 0 Å². The predicted octanol–water partition coefficient (Wildman–Crippen LogP) is 1.69. The summed E-state index contributed by atoms with van der Waals surface area (Å²) in [4.78, 5) is 37.3. The molecule has 1 atom stereocenters. The molecule has 0 N–H and O–H groups in total. The number of nitrogens with zero attached hydrogens (tertiary/aromatic N) is 4. The maximum Gasteiger partial charge on any atom is 0.249 e. The fourth-order valence-electron chi connectivity index (χ4n) is 3.54. The van der Waals surface area contributed by atoms with Gasteiger partial charge in [-0.05, 0) is 36.1 Å². The van der Waals surface area contributed by atoms with E-state index in [4.69, 9.17) is 4.74 Å². The number of ether oxygens (including phenoxy) is 1. The molecule has 0 aliphatic carbocycles. The molecule has 1 saturated heterocycles. The molecule has 0 aromatic carbocycles. The molecule has 3 rings (SSSR count). The first kappa shape index (κ1) is 19.9. The molecule has 3 heterocycles. The molecule has 1 aliphatic heterocycles. The summed E-state index contributed by atoms with van der Waals surface area (Å²) < 4.78 is 5.07. The van der Waals surface area contributed by atoms with Gasteiger partial charge in [-0.15, -0.1) is 0 Å². The average molecular weight is 382 g/mol. The fourth-order valence-corrected chi connectivity index (χ4v) is 3.54. The number of amides is 2. The molecule has 0 spiro atoms. The highest BCUT2D eigenvalue weighted by Crippen LogP contribution is 2.19. The van der Waals surface area contributed by atoms with Gasteiger partial charge in [0, 0.05) is 57.6 Å². The molecular formula is C21H26N4O3. The van der Waals surface area contributed by atoms with Crippen molar-refractivity contribution in [3.05, 3.63) is 60.2 Å². The topological polar surface area (TPSA) is 75.6 Å². The fraction of sp³-hybridized carbons (Fsp3) is 0.429. The molecule has 7 nitrogen and oxygen atoms in total. The number of hydrogen-bond acceptors (Lipinski definition) is 5. The first-order chi connectivity index (χ1) is 13.7. The number of likely N-dealkylation sites (tertiary alicyclic amines) is 1. The maximum absolute atomic E-state index is 12.7. The third-order valence-corrected chi connectivity index (χ3v) is 4.93. The van der Waals surface area contributed by atoms with Crippen LogP contribution in [-0.2, 0) is 27.3 Å². The Hall–Kier alpha value is -2.80. The van der Waals surface area contributed by atoms with Gasteiger partial charge in [0.2, 0.25) is 11.8 Å². The van der Waals surface area contributed by atoms with E-state index in [9.17, 15) is 9.59 Å². The van der Waals surface area contributed by atoms with E-state index in [1.807, 2.05) is 34.1 Å². The molecule has 0 saturated carbocycles. The Morgan fingerprint density at radius 3 is 2.54 bits per heavy atom. The second-order valence-electron chi connectivity index (χ2n) is 6.99. The van der Waals surface area contributed by atoms with Crippen LogP contribution in [0.15, 0.2) is 49.1 Å². The zero-order valence-corrected chi connectivity index (χ0v) is 16.2. The van der Waals surface area contributed by atoms with Crippen molar-refractivity contribution >= 4 is 11.8 Å². The molecule has 1 aliphatic rings. The first-order valence-electron chi connectivity index (χ1n) is 9.51. The second-order valence-corrected chi connectivity index (χ2v) is 6.99. The Labute approximate surface area is 165 Å². The summed E-state index contributed by atoms with van der Waals surface area (Å²) in [7, 11) is 1.52. The smallest absolute Gasteiger partial charge is 0.249 e. The van der Waals surface area contributed by atoms with Gasteiger partial charge in [-0.1, -0.05) is 12.1 Å². The summed E-state index contributed by atoms with van der Waals surface area (Å²) in [6, 6.07) is 7.52. The van der Waals surface area contributed by atoms with E-state index in [1.54, 1.807) is 24.8 Å². The minimum atomic E-state index is -0.0714. The van der Waals surface area contributed by atoms with Crippen molar-refractivity contribution in [3.63, 3.8) is 0 Å². The van der Waals surface area contributed by atoms with E-state index in [1.165, 1.54) is 7.11 Å². The summed E-state index contributed by atoms with van der Waals surface area (Å²) in [6.45, 7) is 1.75. The zero-order valence-electron chi connectivity index (χ0n) is 16.2. The monoisotopic (exact) mass is 382 g/mol. The maximum atomic E-state index is 12.7. The number of aromatic nitrogens is 2. The van der Waals surface area contributed by atoms with Gasteiger partial charge in [0.1, 0.15) is 6.61 Å². The van der Waals surface area contributed by atoms with Crippen molar-refractivity contribution in [2.75, 3.05) is 26.8 Å². The number of piperidine rings is 1. The van der Waals surface area contributed by atoms with E-state index >= 15 is 0 Å². The second kappa shape index (κ2) is 9.94. The van der Waals surface area contributed by atoms with Gasteiger partial charge in [0.25, 0.3) is 0 Å². The van der Waals surface area contributed by atoms with E-state index in [0.717, 1.165) is 30.5 Å². The lowest BCUT2D eigenvalue weighted by Gasteiger charge is -2.39. The van der Waals surface area contributed by atoms with Gasteiger partial charge in [0.05, 0.1) is 6.42 Å². The van der Waals surface area contributed by atoms with Crippen LogP contribution in [0.1, 0.15) is 24.0 Å². The molecule has 148 valence electrons. The number of hydrogen-bond donors (Lipinski definition) is 0. The van der Waals surface area contributed by atoms with Crippen LogP contribution < -0.4 is 0 Å². The standard InChI is InChI=1S/C21H26N4O3/c1-28-16-21(27)25(14-18-6-3-9-23-13-18)19-7-4-10-24(15-19)20(26)11-17-5-2-8-22-12-17/h2-3,5-6,8-9,12-13,19H,4,7,10-11,14-16H2,1H3. The Morgan fingerprint density at radius 2 is 1.89 bits per heavy atom. The van der Waals surface area contributed by atoms with Crippen molar-refractivity contribution in [3.8, 4) is 0 Å². The summed E-state index contributed by atoms with van der Waals surface area (Å²) in [5, 5.41) is 0. The van der Waals surface area contributed by atoms with Gasteiger partial charge in [-0.2, -0.15) is 0 Å². The summed E-state index contributed by atoms with van der Waals surface area (Å²) >= 11 is 0. The summed E-state index contributed by atoms with van der Waals surface area (Å²) in [5.74, 6) is -0.00358. The molecule has 2 aromatic heterocycles. The largest absolute Gasteiger partial charge is 0.375 e. The minimum Gasteiger partial charge on any atom is -0.375 e. The lowest BCUT2D eigenvalue weighted by atomic mass is 10.0. The zero-order chi connectivity index (χ0) is 19.8. The predicted molar refractivity (Wildman–Crippen MR) is 104 cm³/mol. The van der Waals surface area contributed by atoms with Crippen molar-refractivity contribution in [1.29, 1.82) is 0 Å². The van der Waals surface area contributed by atoms with Gasteiger partial charge < -0.3 is 14.5 Å². The van der Waals surface area contributed by atoms with Crippen molar-refractivity contribution in [1.82, 2.24) is 19.8 Å². The van der Waals surface area contributed by atoms with Gasteiger partial charge >= 0.3 is 0 Å². The lowest BCUT2D eigenvalue weighted by molar-refractivity contribution is -0.142. The minimum absolute atomic E-state index is 0.0282. The highest BCUT2D eigenvalue weighted by atomic mass is 16.5. The molecule has 7 heteroatoms. The van der Waals surface area contributed by atoms with Crippen LogP contribution >= 0.6 is 0 Å². The normalized spacial score (nSPS) is 16.6. The van der Waals surface area contributed by atoms with Crippen LogP contribution in [0, 0.1) is 0 Å². The number of carbonyl (C=O) groups excluding carboxylic acids is 2. The van der Waals surface area contributed by atoms with Gasteiger partial charge in [0.15, 0.2) is 0 Å². The quantitative estimate of drug-likeness (QED) is 0.728. The average Bonchev–Trinajstić information content (AvgIpc) is 2.74. The van der Waals surface area contributed by atoms with Crippen LogP contribution in [0.2, 0.25) is 0 Å². The van der Waals surface area contributed by atoms with Crippen molar-refractivity contribution < 1.29 is 14.3 Å². The molecule has 28 heavy (non-hydrogen) atoms. The van der Waals surface area contributed by atoms with Gasteiger partial charge in [-0.25, -0.2) is 0 Å². The van der Waals surface area contributed by atoms with E-state index in [-0.39, 0.29) is 24.5 Å².